The number of rotatable bonds is 3. The Hall–Kier alpha value is -3.62. The zero-order valence-corrected chi connectivity index (χ0v) is 19.0. The van der Waals surface area contributed by atoms with E-state index in [0.29, 0.717) is 0 Å². The molecule has 152 valence electrons. The summed E-state index contributed by atoms with van der Waals surface area (Å²) in [6, 6.07) is 43.3. The Bertz CT molecular complexity index is 1540. The predicted octanol–water partition coefficient (Wildman–Crippen LogP) is 8.88. The van der Waals surface area contributed by atoms with Crippen LogP contribution in [-0.2, 0) is 0 Å². The Labute approximate surface area is 195 Å². The highest BCUT2D eigenvalue weighted by Crippen LogP contribution is 2.35. The van der Waals surface area contributed by atoms with Crippen LogP contribution in [-0.4, -0.2) is 4.57 Å². The summed E-state index contributed by atoms with van der Waals surface area (Å²) in [5.74, 6) is 0. The molecule has 2 heteroatoms. The zero-order chi connectivity index (χ0) is 21.5. The summed E-state index contributed by atoms with van der Waals surface area (Å²) in [6.45, 7) is 0. The summed E-state index contributed by atoms with van der Waals surface area (Å²) >= 11 is 3.52. The Balaban J connectivity index is 1.52. The molecular weight excluding hydrogens is 454 g/mol. The van der Waals surface area contributed by atoms with Crippen LogP contribution in [0.25, 0.3) is 49.7 Å². The van der Waals surface area contributed by atoms with Gasteiger partial charge in [-0.1, -0.05) is 94.8 Å². The van der Waals surface area contributed by atoms with Gasteiger partial charge in [0.15, 0.2) is 0 Å². The van der Waals surface area contributed by atoms with E-state index in [1.165, 1.54) is 49.7 Å². The Morgan fingerprint density at radius 2 is 1.00 bits per heavy atom. The summed E-state index contributed by atoms with van der Waals surface area (Å²) in [5.41, 5.74) is 8.54. The van der Waals surface area contributed by atoms with Crippen LogP contribution in [0, 0.1) is 0 Å². The molecule has 0 spiro atoms. The van der Waals surface area contributed by atoms with E-state index in [1.807, 2.05) is 0 Å². The third-order valence-electron chi connectivity index (χ3n) is 6.08. The highest BCUT2D eigenvalue weighted by molar-refractivity contribution is 9.10. The first-order valence-electron chi connectivity index (χ1n) is 10.7. The van der Waals surface area contributed by atoms with Crippen molar-refractivity contribution in [2.24, 2.45) is 0 Å². The third-order valence-corrected chi connectivity index (χ3v) is 6.61. The van der Waals surface area contributed by atoms with Gasteiger partial charge < -0.3 is 4.57 Å². The second kappa shape index (κ2) is 7.81. The van der Waals surface area contributed by atoms with Crippen LogP contribution in [0.15, 0.2) is 126 Å². The van der Waals surface area contributed by atoms with E-state index in [-0.39, 0.29) is 0 Å². The topological polar surface area (TPSA) is 4.93 Å². The van der Waals surface area contributed by atoms with Crippen molar-refractivity contribution in [2.75, 3.05) is 0 Å². The molecule has 0 aliphatic carbocycles. The van der Waals surface area contributed by atoms with Gasteiger partial charge in [0.25, 0.3) is 0 Å². The van der Waals surface area contributed by atoms with Crippen LogP contribution in [0.2, 0.25) is 0 Å². The molecule has 0 saturated carbocycles. The van der Waals surface area contributed by atoms with Gasteiger partial charge in [0, 0.05) is 20.9 Å². The second-order valence-corrected chi connectivity index (χ2v) is 8.92. The first-order valence-corrected chi connectivity index (χ1v) is 11.5. The van der Waals surface area contributed by atoms with Crippen LogP contribution in [0.5, 0.6) is 0 Å². The summed E-state index contributed by atoms with van der Waals surface area (Å²) in [7, 11) is 0. The van der Waals surface area contributed by atoms with Gasteiger partial charge in [-0.3, -0.25) is 0 Å². The standard InChI is InChI=1S/C30H20BrN/c31-25-15-10-22(11-16-25)23-12-17-26(18-13-23)32-29-9-5-4-8-27(29)28-20-24(14-19-30(28)32)21-6-2-1-3-7-21/h1-20H. The van der Waals surface area contributed by atoms with Crippen molar-refractivity contribution in [3.8, 4) is 27.9 Å². The van der Waals surface area contributed by atoms with Crippen molar-refractivity contribution in [3.63, 3.8) is 0 Å². The minimum absolute atomic E-state index is 1.10. The minimum atomic E-state index is 1.10. The largest absolute Gasteiger partial charge is 0.309 e. The van der Waals surface area contributed by atoms with Crippen LogP contribution in [0.1, 0.15) is 0 Å². The van der Waals surface area contributed by atoms with Crippen molar-refractivity contribution in [3.05, 3.63) is 126 Å². The highest BCUT2D eigenvalue weighted by atomic mass is 79.9. The number of hydrogen-bond acceptors (Lipinski definition) is 0. The van der Waals surface area contributed by atoms with Gasteiger partial charge in [0.2, 0.25) is 0 Å². The maximum atomic E-state index is 3.52. The SMILES string of the molecule is Brc1ccc(-c2ccc(-n3c4ccccc4c4cc(-c5ccccc5)ccc43)cc2)cc1. The fraction of sp³-hybridized carbons (Fsp3) is 0. The molecule has 0 atom stereocenters. The molecule has 6 aromatic rings. The number of fused-ring (bicyclic) bond motifs is 3. The van der Waals surface area contributed by atoms with Gasteiger partial charge in [0.05, 0.1) is 11.0 Å². The average Bonchev–Trinajstić information content (AvgIpc) is 3.19. The van der Waals surface area contributed by atoms with Crippen LogP contribution in [0.4, 0.5) is 0 Å². The van der Waals surface area contributed by atoms with E-state index in [4.69, 9.17) is 0 Å². The second-order valence-electron chi connectivity index (χ2n) is 8.00. The molecule has 6 rings (SSSR count). The number of nitrogens with zero attached hydrogens (tertiary/aromatic N) is 1. The summed E-state index contributed by atoms with van der Waals surface area (Å²) in [5, 5.41) is 2.55. The highest BCUT2D eigenvalue weighted by Gasteiger charge is 2.13. The van der Waals surface area contributed by atoms with Crippen molar-refractivity contribution in [2.45, 2.75) is 0 Å². The van der Waals surface area contributed by atoms with Gasteiger partial charge in [-0.25, -0.2) is 0 Å². The maximum Gasteiger partial charge on any atom is 0.0541 e. The van der Waals surface area contributed by atoms with Crippen molar-refractivity contribution in [1.82, 2.24) is 4.57 Å². The third kappa shape index (κ3) is 3.24. The monoisotopic (exact) mass is 473 g/mol. The van der Waals surface area contributed by atoms with E-state index in [9.17, 15) is 0 Å². The molecule has 0 N–H and O–H groups in total. The van der Waals surface area contributed by atoms with Crippen molar-refractivity contribution < 1.29 is 0 Å². The zero-order valence-electron chi connectivity index (χ0n) is 17.4. The number of benzene rings is 5. The van der Waals surface area contributed by atoms with Crippen LogP contribution >= 0.6 is 15.9 Å². The molecule has 0 unspecified atom stereocenters. The van der Waals surface area contributed by atoms with E-state index in [2.05, 4.69) is 142 Å². The molecule has 0 saturated heterocycles. The van der Waals surface area contributed by atoms with Gasteiger partial charge in [-0.05, 0) is 64.7 Å². The van der Waals surface area contributed by atoms with Crippen LogP contribution in [0.3, 0.4) is 0 Å². The van der Waals surface area contributed by atoms with E-state index < -0.39 is 0 Å². The fourth-order valence-corrected chi connectivity index (χ4v) is 4.77. The molecule has 0 radical (unpaired) electrons. The lowest BCUT2D eigenvalue weighted by atomic mass is 10.0. The Morgan fingerprint density at radius 3 is 1.75 bits per heavy atom. The number of halogens is 1. The van der Waals surface area contributed by atoms with Crippen molar-refractivity contribution >= 4 is 37.7 Å². The molecule has 0 amide bonds. The number of aromatic nitrogens is 1. The molecule has 0 fully saturated rings. The lowest BCUT2D eigenvalue weighted by Gasteiger charge is -2.10. The summed E-state index contributed by atoms with van der Waals surface area (Å²) < 4.78 is 3.46. The minimum Gasteiger partial charge on any atom is -0.309 e. The van der Waals surface area contributed by atoms with Gasteiger partial charge >= 0.3 is 0 Å². The lowest BCUT2D eigenvalue weighted by molar-refractivity contribution is 1.18. The van der Waals surface area contributed by atoms with E-state index in [1.54, 1.807) is 0 Å². The first kappa shape index (κ1) is 19.1. The quantitative estimate of drug-likeness (QED) is 0.241. The molecule has 1 aromatic heterocycles. The molecular formula is C30H20BrN. The number of para-hydroxylation sites is 1. The molecule has 1 heterocycles. The molecule has 0 aliphatic rings. The predicted molar refractivity (Wildman–Crippen MR) is 139 cm³/mol. The van der Waals surface area contributed by atoms with E-state index in [0.717, 1.165) is 4.47 Å². The maximum absolute atomic E-state index is 3.52. The fourth-order valence-electron chi connectivity index (χ4n) is 4.51. The molecule has 0 bridgehead atoms. The molecule has 32 heavy (non-hydrogen) atoms. The van der Waals surface area contributed by atoms with Crippen LogP contribution < -0.4 is 0 Å². The summed E-state index contributed by atoms with van der Waals surface area (Å²) in [4.78, 5) is 0. The Morgan fingerprint density at radius 1 is 0.438 bits per heavy atom. The molecule has 5 aromatic carbocycles. The van der Waals surface area contributed by atoms with Gasteiger partial charge in [-0.2, -0.15) is 0 Å². The first-order chi connectivity index (χ1) is 15.8. The smallest absolute Gasteiger partial charge is 0.0541 e. The van der Waals surface area contributed by atoms with Gasteiger partial charge in [-0.15, -0.1) is 0 Å². The molecule has 0 aliphatic heterocycles. The van der Waals surface area contributed by atoms with E-state index >= 15 is 0 Å². The van der Waals surface area contributed by atoms with Gasteiger partial charge in [0.1, 0.15) is 0 Å². The van der Waals surface area contributed by atoms with Crippen molar-refractivity contribution in [1.29, 1.82) is 0 Å². The lowest BCUT2D eigenvalue weighted by Crippen LogP contribution is -1.93. The number of hydrogen-bond donors (Lipinski definition) is 0. The normalized spacial score (nSPS) is 11.3. The average molecular weight is 474 g/mol. The Kier molecular flexibility index (Phi) is 4.66. The summed E-state index contributed by atoms with van der Waals surface area (Å²) in [6.07, 6.45) is 0. The molecule has 1 nitrogen and oxygen atoms in total.